The van der Waals surface area contributed by atoms with E-state index in [-0.39, 0.29) is 5.91 Å². The molecule has 0 spiro atoms. The van der Waals surface area contributed by atoms with Crippen LogP contribution in [0.5, 0.6) is 0 Å². The average molecular weight is 314 g/mol. The molecule has 0 saturated carbocycles. The van der Waals surface area contributed by atoms with Crippen LogP contribution in [-0.4, -0.2) is 47.1 Å². The summed E-state index contributed by atoms with van der Waals surface area (Å²) in [7, 11) is 0. The van der Waals surface area contributed by atoms with Crippen LogP contribution < -0.4 is 5.32 Å². The molecule has 1 aliphatic heterocycles. The third-order valence-electron chi connectivity index (χ3n) is 3.94. The van der Waals surface area contributed by atoms with Gasteiger partial charge in [0.05, 0.1) is 6.54 Å². The highest BCUT2D eigenvalue weighted by atomic mass is 16.5. The van der Waals surface area contributed by atoms with Gasteiger partial charge in [-0.25, -0.2) is 0 Å². The maximum atomic E-state index is 11.8. The number of carbonyl (C=O) groups excluding carboxylic acids is 1. The Kier molecular flexibility index (Phi) is 5.37. The first-order valence-electron chi connectivity index (χ1n) is 8.14. The molecule has 122 valence electrons. The zero-order chi connectivity index (χ0) is 15.9. The smallest absolute Gasteiger partial charge is 0.234 e. The molecule has 6 nitrogen and oxygen atoms in total. The van der Waals surface area contributed by atoms with Crippen molar-refractivity contribution in [2.75, 3.05) is 26.2 Å². The number of likely N-dealkylation sites (tertiary alicyclic amines) is 1. The molecule has 0 unspecified atom stereocenters. The summed E-state index contributed by atoms with van der Waals surface area (Å²) in [5.41, 5.74) is 1.15. The van der Waals surface area contributed by atoms with Crippen LogP contribution in [0.25, 0.3) is 0 Å². The zero-order valence-corrected chi connectivity index (χ0v) is 13.2. The van der Waals surface area contributed by atoms with Gasteiger partial charge in [-0.05, 0) is 31.5 Å². The van der Waals surface area contributed by atoms with Crippen LogP contribution in [0.2, 0.25) is 0 Å². The standard InChI is InChI=1S/C17H22N4O2/c22-16(13-21-10-4-5-11-21)18-9-8-17-19-15(20-23-17)12-14-6-2-1-3-7-14/h1-3,6-7H,4-5,8-13H2,(H,18,22). The maximum absolute atomic E-state index is 11.8. The average Bonchev–Trinajstić information content (AvgIpc) is 3.21. The van der Waals surface area contributed by atoms with E-state index < -0.39 is 0 Å². The summed E-state index contributed by atoms with van der Waals surface area (Å²) >= 11 is 0. The molecule has 2 aromatic rings. The topological polar surface area (TPSA) is 71.3 Å². The Balaban J connectivity index is 1.39. The number of hydrogen-bond acceptors (Lipinski definition) is 5. The molecule has 0 radical (unpaired) electrons. The lowest BCUT2D eigenvalue weighted by atomic mass is 10.1. The number of carbonyl (C=O) groups is 1. The van der Waals surface area contributed by atoms with Gasteiger partial charge in [-0.3, -0.25) is 9.69 Å². The first kappa shape index (κ1) is 15.7. The van der Waals surface area contributed by atoms with E-state index in [1.807, 2.05) is 30.3 Å². The highest BCUT2D eigenvalue weighted by Crippen LogP contribution is 2.07. The fourth-order valence-electron chi connectivity index (χ4n) is 2.75. The van der Waals surface area contributed by atoms with Gasteiger partial charge in [0.15, 0.2) is 5.82 Å². The molecular weight excluding hydrogens is 292 g/mol. The number of nitrogens with one attached hydrogen (secondary N) is 1. The Bertz CT molecular complexity index is 621. The van der Waals surface area contributed by atoms with Crippen molar-refractivity contribution in [3.63, 3.8) is 0 Å². The molecule has 6 heteroatoms. The Morgan fingerprint density at radius 2 is 2.00 bits per heavy atom. The first-order chi connectivity index (χ1) is 11.3. The van der Waals surface area contributed by atoms with Crippen LogP contribution in [0.4, 0.5) is 0 Å². The summed E-state index contributed by atoms with van der Waals surface area (Å²) in [6.07, 6.45) is 3.61. The normalized spacial score (nSPS) is 15.0. The first-order valence-corrected chi connectivity index (χ1v) is 8.14. The summed E-state index contributed by atoms with van der Waals surface area (Å²) in [5.74, 6) is 1.31. The largest absolute Gasteiger partial charge is 0.354 e. The minimum absolute atomic E-state index is 0.0657. The SMILES string of the molecule is O=C(CN1CCCC1)NCCc1nc(Cc2ccccc2)no1. The third kappa shape index (κ3) is 4.89. The van der Waals surface area contributed by atoms with Gasteiger partial charge < -0.3 is 9.84 Å². The summed E-state index contributed by atoms with van der Waals surface area (Å²) in [4.78, 5) is 18.4. The molecule has 3 rings (SSSR count). The minimum Gasteiger partial charge on any atom is -0.354 e. The van der Waals surface area contributed by atoms with Crippen molar-refractivity contribution in [1.82, 2.24) is 20.4 Å². The Morgan fingerprint density at radius 1 is 1.22 bits per heavy atom. The van der Waals surface area contributed by atoms with Crippen molar-refractivity contribution in [1.29, 1.82) is 0 Å². The van der Waals surface area contributed by atoms with Crippen LogP contribution in [0, 0.1) is 0 Å². The maximum Gasteiger partial charge on any atom is 0.234 e. The quantitative estimate of drug-likeness (QED) is 0.837. The molecule has 23 heavy (non-hydrogen) atoms. The van der Waals surface area contributed by atoms with E-state index in [4.69, 9.17) is 4.52 Å². The summed E-state index contributed by atoms with van der Waals surface area (Å²) in [5, 5.41) is 6.89. The van der Waals surface area contributed by atoms with Crippen molar-refractivity contribution in [3.05, 3.63) is 47.6 Å². The second kappa shape index (κ2) is 7.87. The molecule has 1 aromatic carbocycles. The van der Waals surface area contributed by atoms with Crippen LogP contribution in [-0.2, 0) is 17.6 Å². The molecule has 1 aromatic heterocycles. The molecule has 1 aliphatic rings. The monoisotopic (exact) mass is 314 g/mol. The molecule has 1 N–H and O–H groups in total. The number of amides is 1. The lowest BCUT2D eigenvalue weighted by Crippen LogP contribution is -2.36. The lowest BCUT2D eigenvalue weighted by molar-refractivity contribution is -0.122. The van der Waals surface area contributed by atoms with Gasteiger partial charge in [-0.2, -0.15) is 4.98 Å². The minimum atomic E-state index is 0.0657. The lowest BCUT2D eigenvalue weighted by Gasteiger charge is -2.13. The van der Waals surface area contributed by atoms with Gasteiger partial charge in [-0.15, -0.1) is 0 Å². The highest BCUT2D eigenvalue weighted by Gasteiger charge is 2.15. The molecular formula is C17H22N4O2. The molecule has 0 bridgehead atoms. The number of benzene rings is 1. The van der Waals surface area contributed by atoms with Gasteiger partial charge in [0.1, 0.15) is 0 Å². The molecule has 0 aliphatic carbocycles. The van der Waals surface area contributed by atoms with Crippen LogP contribution in [0.3, 0.4) is 0 Å². The molecule has 1 saturated heterocycles. The van der Waals surface area contributed by atoms with E-state index in [9.17, 15) is 4.79 Å². The van der Waals surface area contributed by atoms with Crippen LogP contribution in [0.15, 0.2) is 34.9 Å². The van der Waals surface area contributed by atoms with Gasteiger partial charge >= 0.3 is 0 Å². The Morgan fingerprint density at radius 3 is 2.78 bits per heavy atom. The van der Waals surface area contributed by atoms with E-state index in [1.54, 1.807) is 0 Å². The van der Waals surface area contributed by atoms with Gasteiger partial charge in [0.25, 0.3) is 0 Å². The molecule has 2 heterocycles. The number of aromatic nitrogens is 2. The van der Waals surface area contributed by atoms with E-state index in [2.05, 4.69) is 20.4 Å². The van der Waals surface area contributed by atoms with E-state index >= 15 is 0 Å². The predicted molar refractivity (Wildman–Crippen MR) is 85.9 cm³/mol. The predicted octanol–water partition coefficient (Wildman–Crippen LogP) is 1.41. The van der Waals surface area contributed by atoms with Gasteiger partial charge in [-0.1, -0.05) is 35.5 Å². The number of hydrogen-bond donors (Lipinski definition) is 1. The summed E-state index contributed by atoms with van der Waals surface area (Å²) < 4.78 is 5.23. The number of nitrogens with zero attached hydrogens (tertiary/aromatic N) is 3. The fraction of sp³-hybridized carbons (Fsp3) is 0.471. The van der Waals surface area contributed by atoms with Gasteiger partial charge in [0.2, 0.25) is 11.8 Å². The van der Waals surface area contributed by atoms with Crippen molar-refractivity contribution in [3.8, 4) is 0 Å². The second-order valence-corrected chi connectivity index (χ2v) is 5.85. The zero-order valence-electron chi connectivity index (χ0n) is 13.2. The van der Waals surface area contributed by atoms with E-state index in [0.29, 0.717) is 37.6 Å². The van der Waals surface area contributed by atoms with Crippen molar-refractivity contribution in [2.45, 2.75) is 25.7 Å². The fourth-order valence-corrected chi connectivity index (χ4v) is 2.75. The third-order valence-corrected chi connectivity index (χ3v) is 3.94. The summed E-state index contributed by atoms with van der Waals surface area (Å²) in [6.45, 7) is 3.07. The Labute approximate surface area is 135 Å². The second-order valence-electron chi connectivity index (χ2n) is 5.85. The molecule has 0 atom stereocenters. The van der Waals surface area contributed by atoms with Crippen LogP contribution in [0.1, 0.15) is 30.1 Å². The van der Waals surface area contributed by atoms with Crippen molar-refractivity contribution >= 4 is 5.91 Å². The van der Waals surface area contributed by atoms with Gasteiger partial charge in [0, 0.05) is 19.4 Å². The highest BCUT2D eigenvalue weighted by molar-refractivity contribution is 5.78. The molecule has 1 fully saturated rings. The van der Waals surface area contributed by atoms with Crippen molar-refractivity contribution in [2.24, 2.45) is 0 Å². The van der Waals surface area contributed by atoms with Crippen molar-refractivity contribution < 1.29 is 9.32 Å². The number of rotatable bonds is 7. The molecule has 1 amide bonds. The van der Waals surface area contributed by atoms with E-state index in [1.165, 1.54) is 12.8 Å². The summed E-state index contributed by atoms with van der Waals surface area (Å²) in [6, 6.07) is 10.0. The van der Waals surface area contributed by atoms with E-state index in [0.717, 1.165) is 18.7 Å². The Hall–Kier alpha value is -2.21. The van der Waals surface area contributed by atoms with Crippen LogP contribution >= 0.6 is 0 Å².